The van der Waals surface area contributed by atoms with Crippen LogP contribution in [0.5, 0.6) is 0 Å². The predicted molar refractivity (Wildman–Crippen MR) is 80.7 cm³/mol. The van der Waals surface area contributed by atoms with Gasteiger partial charge >= 0.3 is 0 Å². The smallest absolute Gasteiger partial charge is 0.253 e. The molecule has 5 heteroatoms. The molecule has 0 saturated carbocycles. The summed E-state index contributed by atoms with van der Waals surface area (Å²) in [6, 6.07) is 9.33. The molecule has 0 unspecified atom stereocenters. The lowest BCUT2D eigenvalue weighted by molar-refractivity contribution is 0.0952. The molecule has 1 aromatic carbocycles. The molecule has 2 rings (SSSR count). The fourth-order valence-electron chi connectivity index (χ4n) is 1.80. The van der Waals surface area contributed by atoms with Crippen LogP contribution in [0.15, 0.2) is 35.7 Å². The number of hydrogen-bond acceptors (Lipinski definition) is 4. The third-order valence-corrected chi connectivity index (χ3v) is 3.63. The van der Waals surface area contributed by atoms with E-state index in [-0.39, 0.29) is 5.91 Å². The first-order valence-corrected chi connectivity index (χ1v) is 6.83. The SMILES string of the molecule is CN(C)c1ccc(N)cc1C(=O)NCc1cccs1. The van der Waals surface area contributed by atoms with Gasteiger partial charge in [-0.3, -0.25) is 4.79 Å². The third-order valence-electron chi connectivity index (χ3n) is 2.75. The molecule has 0 aliphatic rings. The van der Waals surface area contributed by atoms with Gasteiger partial charge in [0.15, 0.2) is 0 Å². The van der Waals surface area contributed by atoms with Crippen molar-refractivity contribution in [1.29, 1.82) is 0 Å². The maximum absolute atomic E-state index is 12.2. The van der Waals surface area contributed by atoms with Crippen LogP contribution < -0.4 is 16.0 Å². The van der Waals surface area contributed by atoms with Gasteiger partial charge in [-0.25, -0.2) is 0 Å². The topological polar surface area (TPSA) is 58.4 Å². The van der Waals surface area contributed by atoms with Crippen LogP contribution in [0.2, 0.25) is 0 Å². The number of nitrogens with two attached hydrogens (primary N) is 1. The van der Waals surface area contributed by atoms with E-state index in [1.807, 2.05) is 42.6 Å². The number of rotatable bonds is 4. The molecule has 19 heavy (non-hydrogen) atoms. The van der Waals surface area contributed by atoms with Crippen molar-refractivity contribution in [2.24, 2.45) is 0 Å². The van der Waals surface area contributed by atoms with Crippen molar-refractivity contribution in [1.82, 2.24) is 5.32 Å². The molecule has 0 aliphatic carbocycles. The summed E-state index contributed by atoms with van der Waals surface area (Å²) in [5.41, 5.74) is 7.81. The Morgan fingerprint density at radius 2 is 2.16 bits per heavy atom. The Morgan fingerprint density at radius 3 is 2.79 bits per heavy atom. The molecule has 1 aromatic heterocycles. The molecule has 4 nitrogen and oxygen atoms in total. The second kappa shape index (κ2) is 5.75. The van der Waals surface area contributed by atoms with Crippen molar-refractivity contribution < 1.29 is 4.79 Å². The highest BCUT2D eigenvalue weighted by atomic mass is 32.1. The highest BCUT2D eigenvalue weighted by molar-refractivity contribution is 7.09. The maximum Gasteiger partial charge on any atom is 0.253 e. The zero-order valence-electron chi connectivity index (χ0n) is 11.0. The van der Waals surface area contributed by atoms with Gasteiger partial charge in [0.25, 0.3) is 5.91 Å². The molecule has 0 saturated heterocycles. The number of hydrogen-bond donors (Lipinski definition) is 2. The highest BCUT2D eigenvalue weighted by Crippen LogP contribution is 2.21. The quantitative estimate of drug-likeness (QED) is 0.842. The summed E-state index contributed by atoms with van der Waals surface area (Å²) in [4.78, 5) is 15.3. The first-order chi connectivity index (χ1) is 9.08. The Labute approximate surface area is 116 Å². The van der Waals surface area contributed by atoms with E-state index in [0.717, 1.165) is 10.6 Å². The summed E-state index contributed by atoms with van der Waals surface area (Å²) in [6.45, 7) is 0.540. The van der Waals surface area contributed by atoms with Crippen LogP contribution in [-0.2, 0) is 6.54 Å². The van der Waals surface area contributed by atoms with E-state index < -0.39 is 0 Å². The van der Waals surface area contributed by atoms with Gasteiger partial charge in [-0.05, 0) is 29.6 Å². The standard InChI is InChI=1S/C14H17N3OS/c1-17(2)13-6-5-10(15)8-12(13)14(18)16-9-11-4-3-7-19-11/h3-8H,9,15H2,1-2H3,(H,16,18). The molecule has 0 bridgehead atoms. The molecular formula is C14H17N3OS. The van der Waals surface area contributed by atoms with Crippen molar-refractivity contribution in [2.75, 3.05) is 24.7 Å². The molecular weight excluding hydrogens is 258 g/mol. The summed E-state index contributed by atoms with van der Waals surface area (Å²) >= 11 is 1.62. The first kappa shape index (κ1) is 13.4. The van der Waals surface area contributed by atoms with Gasteiger partial charge in [0, 0.05) is 30.3 Å². The minimum absolute atomic E-state index is 0.107. The fraction of sp³-hybridized carbons (Fsp3) is 0.214. The van der Waals surface area contributed by atoms with Gasteiger partial charge in [-0.15, -0.1) is 11.3 Å². The van der Waals surface area contributed by atoms with Crippen LogP contribution in [0.3, 0.4) is 0 Å². The monoisotopic (exact) mass is 275 g/mol. The Balaban J connectivity index is 2.16. The summed E-state index contributed by atoms with van der Waals surface area (Å²) in [5.74, 6) is -0.107. The summed E-state index contributed by atoms with van der Waals surface area (Å²) in [5, 5.41) is 4.91. The van der Waals surface area contributed by atoms with Gasteiger partial charge in [0.05, 0.1) is 12.1 Å². The van der Waals surface area contributed by atoms with E-state index in [1.165, 1.54) is 0 Å². The summed E-state index contributed by atoms with van der Waals surface area (Å²) in [6.07, 6.45) is 0. The van der Waals surface area contributed by atoms with Crippen LogP contribution >= 0.6 is 11.3 Å². The van der Waals surface area contributed by atoms with Gasteiger partial charge in [0.1, 0.15) is 0 Å². The third kappa shape index (κ3) is 3.26. The maximum atomic E-state index is 12.2. The van der Waals surface area contributed by atoms with E-state index in [2.05, 4.69) is 5.32 Å². The number of carbonyl (C=O) groups excluding carboxylic acids is 1. The zero-order valence-corrected chi connectivity index (χ0v) is 11.8. The van der Waals surface area contributed by atoms with Gasteiger partial charge in [0.2, 0.25) is 0 Å². The Kier molecular flexibility index (Phi) is 4.06. The first-order valence-electron chi connectivity index (χ1n) is 5.95. The van der Waals surface area contributed by atoms with E-state index in [1.54, 1.807) is 23.5 Å². The average molecular weight is 275 g/mol. The lowest BCUT2D eigenvalue weighted by Crippen LogP contribution is -2.25. The Morgan fingerprint density at radius 1 is 1.37 bits per heavy atom. The number of benzene rings is 1. The van der Waals surface area contributed by atoms with Crippen molar-refractivity contribution in [3.05, 3.63) is 46.2 Å². The van der Waals surface area contributed by atoms with Crippen LogP contribution in [0.4, 0.5) is 11.4 Å². The fourth-order valence-corrected chi connectivity index (χ4v) is 2.45. The number of nitrogens with zero attached hydrogens (tertiary/aromatic N) is 1. The van der Waals surface area contributed by atoms with Crippen molar-refractivity contribution in [3.8, 4) is 0 Å². The van der Waals surface area contributed by atoms with Crippen molar-refractivity contribution >= 4 is 28.6 Å². The minimum Gasteiger partial charge on any atom is -0.399 e. The van der Waals surface area contributed by atoms with Crippen LogP contribution in [0.1, 0.15) is 15.2 Å². The molecule has 100 valence electrons. The molecule has 0 spiro atoms. The number of nitrogens with one attached hydrogen (secondary N) is 1. The van der Waals surface area contributed by atoms with E-state index >= 15 is 0 Å². The lowest BCUT2D eigenvalue weighted by atomic mass is 10.1. The number of amides is 1. The molecule has 0 radical (unpaired) electrons. The van der Waals surface area contributed by atoms with Crippen LogP contribution in [-0.4, -0.2) is 20.0 Å². The minimum atomic E-state index is -0.107. The number of nitrogen functional groups attached to an aromatic ring is 1. The number of thiophene rings is 1. The molecule has 0 fully saturated rings. The molecule has 0 aliphatic heterocycles. The average Bonchev–Trinajstić information content (AvgIpc) is 2.88. The summed E-state index contributed by atoms with van der Waals surface area (Å²) in [7, 11) is 3.81. The highest BCUT2D eigenvalue weighted by Gasteiger charge is 2.13. The van der Waals surface area contributed by atoms with E-state index in [4.69, 9.17) is 5.73 Å². The Hall–Kier alpha value is -2.01. The van der Waals surface area contributed by atoms with Crippen LogP contribution in [0.25, 0.3) is 0 Å². The molecule has 1 heterocycles. The van der Waals surface area contributed by atoms with Gasteiger partial charge in [-0.2, -0.15) is 0 Å². The lowest BCUT2D eigenvalue weighted by Gasteiger charge is -2.17. The zero-order chi connectivity index (χ0) is 13.8. The predicted octanol–water partition coefficient (Wildman–Crippen LogP) is 2.33. The van der Waals surface area contributed by atoms with Gasteiger partial charge in [-0.1, -0.05) is 6.07 Å². The van der Waals surface area contributed by atoms with Crippen molar-refractivity contribution in [2.45, 2.75) is 6.54 Å². The van der Waals surface area contributed by atoms with Gasteiger partial charge < -0.3 is 16.0 Å². The second-order valence-electron chi connectivity index (χ2n) is 4.43. The molecule has 3 N–H and O–H groups in total. The van der Waals surface area contributed by atoms with E-state index in [0.29, 0.717) is 17.8 Å². The second-order valence-corrected chi connectivity index (χ2v) is 5.47. The summed E-state index contributed by atoms with van der Waals surface area (Å²) < 4.78 is 0. The Bertz CT molecular complexity index is 564. The molecule has 0 atom stereocenters. The molecule has 2 aromatic rings. The number of carbonyl (C=O) groups is 1. The normalized spacial score (nSPS) is 10.2. The van der Waals surface area contributed by atoms with Crippen LogP contribution in [0, 0.1) is 0 Å². The van der Waals surface area contributed by atoms with E-state index in [9.17, 15) is 4.79 Å². The molecule has 1 amide bonds. The van der Waals surface area contributed by atoms with Crippen molar-refractivity contribution in [3.63, 3.8) is 0 Å². The number of anilines is 2. The largest absolute Gasteiger partial charge is 0.399 e.